The van der Waals surface area contributed by atoms with E-state index in [1.54, 1.807) is 0 Å². The van der Waals surface area contributed by atoms with Crippen LogP contribution in [0.1, 0.15) is 23.5 Å². The summed E-state index contributed by atoms with van der Waals surface area (Å²) in [5.74, 6) is -1.25. The summed E-state index contributed by atoms with van der Waals surface area (Å²) >= 11 is 0. The van der Waals surface area contributed by atoms with Crippen LogP contribution >= 0.6 is 0 Å². The maximum absolute atomic E-state index is 12.1. The molecule has 0 spiro atoms. The van der Waals surface area contributed by atoms with Crippen LogP contribution < -0.4 is 0 Å². The summed E-state index contributed by atoms with van der Waals surface area (Å²) in [6, 6.07) is 15.9. The smallest absolute Gasteiger partial charge is 0.321 e. The van der Waals surface area contributed by atoms with Gasteiger partial charge in [0.15, 0.2) is 5.92 Å². The number of carboxylic acids is 1. The number of carboxylic acid groups (broad SMARTS) is 1. The van der Waals surface area contributed by atoms with Crippen molar-refractivity contribution in [3.63, 3.8) is 0 Å². The third kappa shape index (κ3) is 2.77. The summed E-state index contributed by atoms with van der Waals surface area (Å²) in [6.45, 7) is 0.0984. The van der Waals surface area contributed by atoms with Crippen LogP contribution in [0.3, 0.4) is 0 Å². The Bertz CT molecular complexity index is 786. The predicted molar refractivity (Wildman–Crippen MR) is 89.3 cm³/mol. The van der Waals surface area contributed by atoms with E-state index >= 15 is 0 Å². The highest BCUT2D eigenvalue weighted by molar-refractivity contribution is 5.94. The monoisotopic (exact) mass is 320 g/mol. The Kier molecular flexibility index (Phi) is 4.35. The topological polar surface area (TPSA) is 63.6 Å². The number of carbonyl (C=O) groups is 2. The summed E-state index contributed by atoms with van der Waals surface area (Å²) < 4.78 is 5.30. The zero-order chi connectivity index (χ0) is 17.1. The van der Waals surface area contributed by atoms with Gasteiger partial charge in [0.1, 0.15) is 6.61 Å². The van der Waals surface area contributed by atoms with Gasteiger partial charge in [-0.05, 0) is 22.3 Å². The van der Waals surface area contributed by atoms with Crippen molar-refractivity contribution < 1.29 is 19.4 Å². The lowest BCUT2D eigenvalue weighted by molar-refractivity contribution is -0.158. The summed E-state index contributed by atoms with van der Waals surface area (Å²) in [6.07, 6.45) is 4.95. The van der Waals surface area contributed by atoms with Crippen LogP contribution in [0.25, 0.3) is 11.1 Å². The molecule has 0 bridgehead atoms. The summed E-state index contributed by atoms with van der Waals surface area (Å²) in [7, 11) is 0. The van der Waals surface area contributed by atoms with Gasteiger partial charge in [0.2, 0.25) is 0 Å². The molecule has 0 aromatic heterocycles. The van der Waals surface area contributed by atoms with Gasteiger partial charge in [-0.25, -0.2) is 0 Å². The van der Waals surface area contributed by atoms with Gasteiger partial charge < -0.3 is 9.84 Å². The first-order chi connectivity index (χ1) is 11.6. The first-order valence-electron chi connectivity index (χ1n) is 7.64. The van der Waals surface area contributed by atoms with Crippen LogP contribution in [0.15, 0.2) is 48.5 Å². The molecule has 2 aromatic carbocycles. The largest absolute Gasteiger partial charge is 0.481 e. The minimum Gasteiger partial charge on any atom is -0.481 e. The normalized spacial score (nSPS) is 13.5. The van der Waals surface area contributed by atoms with Gasteiger partial charge in [-0.2, -0.15) is 0 Å². The highest BCUT2D eigenvalue weighted by atomic mass is 16.5. The number of rotatable bonds is 5. The van der Waals surface area contributed by atoms with E-state index in [9.17, 15) is 9.59 Å². The van der Waals surface area contributed by atoms with Gasteiger partial charge in [-0.1, -0.05) is 48.5 Å². The molecule has 3 rings (SSSR count). The number of terminal acetylenes is 1. The van der Waals surface area contributed by atoms with Gasteiger partial charge in [0.25, 0.3) is 0 Å². The minimum atomic E-state index is -1.32. The zero-order valence-corrected chi connectivity index (χ0v) is 12.9. The molecule has 2 aromatic rings. The van der Waals surface area contributed by atoms with E-state index < -0.39 is 17.9 Å². The Hall–Kier alpha value is -3.06. The second kappa shape index (κ2) is 6.59. The molecule has 1 aliphatic rings. The van der Waals surface area contributed by atoms with Crippen LogP contribution in [0.4, 0.5) is 0 Å². The molecule has 4 nitrogen and oxygen atoms in total. The van der Waals surface area contributed by atoms with Gasteiger partial charge >= 0.3 is 11.9 Å². The first kappa shape index (κ1) is 15.8. The number of carbonyl (C=O) groups excluding carboxylic acids is 1. The molecule has 24 heavy (non-hydrogen) atoms. The summed E-state index contributed by atoms with van der Waals surface area (Å²) in [4.78, 5) is 23.2. The van der Waals surface area contributed by atoms with Crippen LogP contribution in [-0.2, 0) is 14.3 Å². The standard InChI is InChI=1S/C20H16O4/c1-2-7-17(19(21)22)20(23)24-12-18-15-10-5-3-8-13(15)14-9-4-6-11-16(14)18/h1,3-6,8-11,17-18H,7,12H2,(H,21,22). The van der Waals surface area contributed by atoms with E-state index in [4.69, 9.17) is 16.3 Å². The number of benzene rings is 2. The molecule has 0 heterocycles. The number of aliphatic carboxylic acids is 1. The average Bonchev–Trinajstić information content (AvgIpc) is 2.91. The predicted octanol–water partition coefficient (Wildman–Crippen LogP) is 3.07. The molecule has 1 unspecified atom stereocenters. The van der Waals surface area contributed by atoms with Gasteiger partial charge in [-0.15, -0.1) is 12.3 Å². The van der Waals surface area contributed by atoms with Gasteiger partial charge in [0, 0.05) is 12.3 Å². The average molecular weight is 320 g/mol. The SMILES string of the molecule is C#CCC(C(=O)O)C(=O)OCC1c2ccccc2-c2ccccc21. The number of hydrogen-bond acceptors (Lipinski definition) is 3. The Morgan fingerprint density at radius 3 is 2.12 bits per heavy atom. The molecule has 0 radical (unpaired) electrons. The lowest BCUT2D eigenvalue weighted by Crippen LogP contribution is -2.27. The number of esters is 1. The van der Waals surface area contributed by atoms with E-state index in [0.717, 1.165) is 22.3 Å². The molecule has 0 saturated heterocycles. The second-order valence-corrected chi connectivity index (χ2v) is 5.66. The third-order valence-corrected chi connectivity index (χ3v) is 4.26. The second-order valence-electron chi connectivity index (χ2n) is 5.66. The molecule has 0 amide bonds. The van der Waals surface area contributed by atoms with Crippen molar-refractivity contribution in [1.82, 2.24) is 0 Å². The van der Waals surface area contributed by atoms with Gasteiger partial charge in [0.05, 0.1) is 0 Å². The van der Waals surface area contributed by atoms with Crippen LogP contribution in [0, 0.1) is 18.3 Å². The Morgan fingerprint density at radius 2 is 1.62 bits per heavy atom. The van der Waals surface area contributed by atoms with E-state index in [0.29, 0.717) is 0 Å². The zero-order valence-electron chi connectivity index (χ0n) is 12.9. The van der Waals surface area contributed by atoms with Crippen LogP contribution in [0.5, 0.6) is 0 Å². The Morgan fingerprint density at radius 1 is 1.08 bits per heavy atom. The molecule has 0 saturated carbocycles. The van der Waals surface area contributed by atoms with Crippen molar-refractivity contribution in [2.75, 3.05) is 6.61 Å². The molecule has 4 heteroatoms. The summed E-state index contributed by atoms with van der Waals surface area (Å²) in [5, 5.41) is 9.09. The number of ether oxygens (including phenoxy) is 1. The lowest BCUT2D eigenvalue weighted by atomic mass is 9.98. The van der Waals surface area contributed by atoms with Crippen LogP contribution in [0.2, 0.25) is 0 Å². The van der Waals surface area contributed by atoms with E-state index in [-0.39, 0.29) is 18.9 Å². The van der Waals surface area contributed by atoms with Crippen molar-refractivity contribution in [1.29, 1.82) is 0 Å². The number of fused-ring (bicyclic) bond motifs is 3. The molecule has 120 valence electrons. The molecular formula is C20H16O4. The van der Waals surface area contributed by atoms with Crippen LogP contribution in [-0.4, -0.2) is 23.7 Å². The molecule has 1 aliphatic carbocycles. The summed E-state index contributed by atoms with van der Waals surface area (Å²) in [5.41, 5.74) is 4.39. The fourth-order valence-electron chi connectivity index (χ4n) is 3.09. The molecular weight excluding hydrogens is 304 g/mol. The van der Waals surface area contributed by atoms with E-state index in [2.05, 4.69) is 5.92 Å². The Labute approximate surface area is 140 Å². The van der Waals surface area contributed by atoms with Crippen molar-refractivity contribution in [3.8, 4) is 23.5 Å². The molecule has 1 atom stereocenters. The molecule has 1 N–H and O–H groups in total. The quantitative estimate of drug-likeness (QED) is 0.522. The molecule has 0 aliphatic heterocycles. The fraction of sp³-hybridized carbons (Fsp3) is 0.200. The molecule has 0 fully saturated rings. The highest BCUT2D eigenvalue weighted by Crippen LogP contribution is 2.44. The highest BCUT2D eigenvalue weighted by Gasteiger charge is 2.32. The fourth-order valence-corrected chi connectivity index (χ4v) is 3.09. The lowest BCUT2D eigenvalue weighted by Gasteiger charge is -2.16. The van der Waals surface area contributed by atoms with Crippen molar-refractivity contribution in [2.24, 2.45) is 5.92 Å². The maximum atomic E-state index is 12.1. The van der Waals surface area contributed by atoms with E-state index in [1.165, 1.54) is 0 Å². The maximum Gasteiger partial charge on any atom is 0.321 e. The first-order valence-corrected chi connectivity index (χ1v) is 7.64. The third-order valence-electron chi connectivity index (χ3n) is 4.26. The van der Waals surface area contributed by atoms with Crippen molar-refractivity contribution in [3.05, 3.63) is 59.7 Å². The van der Waals surface area contributed by atoms with Crippen molar-refractivity contribution in [2.45, 2.75) is 12.3 Å². The van der Waals surface area contributed by atoms with Gasteiger partial charge in [-0.3, -0.25) is 9.59 Å². The minimum absolute atomic E-state index is 0.0957. The van der Waals surface area contributed by atoms with Crippen molar-refractivity contribution >= 4 is 11.9 Å². The number of hydrogen-bond donors (Lipinski definition) is 1. The Balaban J connectivity index is 1.82. The van der Waals surface area contributed by atoms with E-state index in [1.807, 2.05) is 48.5 Å².